The van der Waals surface area contributed by atoms with E-state index >= 15 is 0 Å². The highest BCUT2D eigenvalue weighted by atomic mass is 16.2. The number of hydrogen-bond acceptors (Lipinski definition) is 2. The van der Waals surface area contributed by atoms with Crippen molar-refractivity contribution >= 4 is 5.91 Å². The van der Waals surface area contributed by atoms with Crippen LogP contribution in [0.25, 0.3) is 0 Å². The normalized spacial score (nSPS) is 15.2. The van der Waals surface area contributed by atoms with Crippen molar-refractivity contribution in [2.24, 2.45) is 5.41 Å². The van der Waals surface area contributed by atoms with Crippen LogP contribution in [0, 0.1) is 5.41 Å². The minimum atomic E-state index is -0.296. The Hall–Kier alpha value is -2.62. The summed E-state index contributed by atoms with van der Waals surface area (Å²) < 4.78 is 0. The van der Waals surface area contributed by atoms with Gasteiger partial charge in [0.05, 0.1) is 0 Å². The maximum absolute atomic E-state index is 13.1. The molecule has 1 heterocycles. The van der Waals surface area contributed by atoms with E-state index in [1.54, 1.807) is 17.0 Å². The van der Waals surface area contributed by atoms with Crippen molar-refractivity contribution in [3.63, 3.8) is 0 Å². The molecule has 3 rings (SSSR count). The summed E-state index contributed by atoms with van der Waals surface area (Å²) in [5.74, 6) is -0.249. The zero-order valence-corrected chi connectivity index (χ0v) is 15.5. The molecule has 1 aromatic heterocycles. The van der Waals surface area contributed by atoms with Gasteiger partial charge in [0.25, 0.3) is 11.5 Å². The summed E-state index contributed by atoms with van der Waals surface area (Å²) in [5, 5.41) is 0. The molecule has 0 aliphatic heterocycles. The lowest BCUT2D eigenvalue weighted by atomic mass is 9.76. The second kappa shape index (κ2) is 7.32. The Morgan fingerprint density at radius 3 is 2.73 bits per heavy atom. The van der Waals surface area contributed by atoms with Gasteiger partial charge in [-0.2, -0.15) is 0 Å². The molecule has 2 aromatic rings. The number of aryl methyl sites for hydroxylation is 1. The van der Waals surface area contributed by atoms with Crippen LogP contribution in [-0.4, -0.2) is 22.3 Å². The molecule has 136 valence electrons. The van der Waals surface area contributed by atoms with E-state index in [0.29, 0.717) is 13.1 Å². The Morgan fingerprint density at radius 1 is 1.31 bits per heavy atom. The van der Waals surface area contributed by atoms with Gasteiger partial charge in [-0.25, -0.2) is 0 Å². The molecule has 4 heteroatoms. The number of nitrogens with zero attached hydrogens (tertiary/aromatic N) is 1. The second-order valence-electron chi connectivity index (χ2n) is 7.82. The van der Waals surface area contributed by atoms with Crippen LogP contribution < -0.4 is 5.56 Å². The summed E-state index contributed by atoms with van der Waals surface area (Å²) in [6.07, 6.45) is 4.46. The average molecular weight is 350 g/mol. The molecule has 0 unspecified atom stereocenters. The number of benzene rings is 1. The van der Waals surface area contributed by atoms with Crippen molar-refractivity contribution in [1.29, 1.82) is 0 Å². The molecular weight excluding hydrogens is 324 g/mol. The Bertz CT molecular complexity index is 865. The number of carbonyl (C=O) groups excluding carboxylic acids is 1. The summed E-state index contributed by atoms with van der Waals surface area (Å²) in [6, 6.07) is 11.6. The second-order valence-corrected chi connectivity index (χ2v) is 7.82. The molecule has 1 aliphatic carbocycles. The minimum Gasteiger partial charge on any atom is -0.330 e. The third-order valence-corrected chi connectivity index (χ3v) is 5.02. The van der Waals surface area contributed by atoms with Gasteiger partial charge in [-0.3, -0.25) is 9.59 Å². The number of amides is 1. The smallest absolute Gasteiger partial charge is 0.261 e. The van der Waals surface area contributed by atoms with Crippen LogP contribution in [0.2, 0.25) is 0 Å². The molecule has 0 fully saturated rings. The molecule has 1 N–H and O–H groups in total. The van der Waals surface area contributed by atoms with Crippen molar-refractivity contribution in [3.05, 3.63) is 81.8 Å². The van der Waals surface area contributed by atoms with Gasteiger partial charge < -0.3 is 9.88 Å². The van der Waals surface area contributed by atoms with Gasteiger partial charge in [-0.1, -0.05) is 50.3 Å². The number of aromatic amines is 1. The average Bonchev–Trinajstić information content (AvgIpc) is 2.61. The van der Waals surface area contributed by atoms with Gasteiger partial charge in [-0.15, -0.1) is 6.58 Å². The van der Waals surface area contributed by atoms with Crippen LogP contribution in [0.1, 0.15) is 47.4 Å². The molecule has 26 heavy (non-hydrogen) atoms. The third kappa shape index (κ3) is 3.96. The number of carbonyl (C=O) groups is 1. The van der Waals surface area contributed by atoms with E-state index in [-0.39, 0.29) is 22.4 Å². The molecule has 4 nitrogen and oxygen atoms in total. The number of fused-ring (bicyclic) bond motifs is 1. The maximum Gasteiger partial charge on any atom is 0.261 e. The van der Waals surface area contributed by atoms with Crippen LogP contribution in [0.3, 0.4) is 0 Å². The molecule has 0 atom stereocenters. The monoisotopic (exact) mass is 350 g/mol. The summed E-state index contributed by atoms with van der Waals surface area (Å²) in [5.41, 5.74) is 3.20. The Labute approximate surface area is 154 Å². The molecule has 0 saturated heterocycles. The molecular formula is C22H26N2O2. The van der Waals surface area contributed by atoms with Crippen molar-refractivity contribution in [2.75, 3.05) is 6.54 Å². The first-order chi connectivity index (χ1) is 12.4. The van der Waals surface area contributed by atoms with Gasteiger partial charge in [0.2, 0.25) is 0 Å². The molecule has 1 aliphatic rings. The van der Waals surface area contributed by atoms with E-state index in [9.17, 15) is 9.59 Å². The molecule has 1 amide bonds. The standard InChI is InChI=1S/C22H26N2O2/c1-4-12-24(15-16-8-6-5-7-9-16)21(26)18-13-17-14-22(2,3)11-10-19(17)23-20(18)25/h4-9,13H,1,10-12,14-15H2,2-3H3,(H,23,25). The lowest BCUT2D eigenvalue weighted by molar-refractivity contribution is 0.0760. The predicted molar refractivity (Wildman–Crippen MR) is 104 cm³/mol. The highest BCUT2D eigenvalue weighted by Gasteiger charge is 2.28. The van der Waals surface area contributed by atoms with Crippen molar-refractivity contribution < 1.29 is 4.79 Å². The SMILES string of the molecule is C=CCN(Cc1ccccc1)C(=O)c1cc2c([nH]c1=O)CCC(C)(C)C2. The van der Waals surface area contributed by atoms with E-state index in [2.05, 4.69) is 25.4 Å². The minimum absolute atomic E-state index is 0.191. The summed E-state index contributed by atoms with van der Waals surface area (Å²) in [6.45, 7) is 9.05. The lowest BCUT2D eigenvalue weighted by Gasteiger charge is -2.31. The zero-order chi connectivity index (χ0) is 18.7. The van der Waals surface area contributed by atoms with Gasteiger partial charge in [0.1, 0.15) is 5.56 Å². The summed E-state index contributed by atoms with van der Waals surface area (Å²) in [7, 11) is 0. The fourth-order valence-corrected chi connectivity index (χ4v) is 3.57. The van der Waals surface area contributed by atoms with Crippen molar-refractivity contribution in [2.45, 2.75) is 39.7 Å². The van der Waals surface area contributed by atoms with Crippen molar-refractivity contribution in [1.82, 2.24) is 9.88 Å². The third-order valence-electron chi connectivity index (χ3n) is 5.02. The Morgan fingerprint density at radius 2 is 2.04 bits per heavy atom. The van der Waals surface area contributed by atoms with Gasteiger partial charge >= 0.3 is 0 Å². The first kappa shape index (κ1) is 18.2. The Balaban J connectivity index is 1.92. The van der Waals surface area contributed by atoms with E-state index in [0.717, 1.165) is 36.1 Å². The number of hydrogen-bond donors (Lipinski definition) is 1. The highest BCUT2D eigenvalue weighted by Crippen LogP contribution is 2.33. The fourth-order valence-electron chi connectivity index (χ4n) is 3.57. The number of pyridine rings is 1. The Kier molecular flexibility index (Phi) is 5.12. The number of nitrogens with one attached hydrogen (secondary N) is 1. The number of H-pyrrole nitrogens is 1. The van der Waals surface area contributed by atoms with Gasteiger partial charge in [-0.05, 0) is 41.9 Å². The highest BCUT2D eigenvalue weighted by molar-refractivity contribution is 5.94. The van der Waals surface area contributed by atoms with Crippen LogP contribution in [0.4, 0.5) is 0 Å². The molecule has 0 radical (unpaired) electrons. The van der Waals surface area contributed by atoms with Crippen LogP contribution in [0.5, 0.6) is 0 Å². The summed E-state index contributed by atoms with van der Waals surface area (Å²) in [4.78, 5) is 30.2. The van der Waals surface area contributed by atoms with Gasteiger partial charge in [0, 0.05) is 18.8 Å². The van der Waals surface area contributed by atoms with E-state index in [1.807, 2.05) is 30.3 Å². The van der Waals surface area contributed by atoms with Crippen LogP contribution >= 0.6 is 0 Å². The first-order valence-electron chi connectivity index (χ1n) is 9.09. The van der Waals surface area contributed by atoms with E-state index in [4.69, 9.17) is 0 Å². The summed E-state index contributed by atoms with van der Waals surface area (Å²) >= 11 is 0. The quantitative estimate of drug-likeness (QED) is 0.836. The van der Waals surface area contributed by atoms with Gasteiger partial charge in [0.15, 0.2) is 0 Å². The van der Waals surface area contributed by atoms with Crippen molar-refractivity contribution in [3.8, 4) is 0 Å². The molecule has 0 saturated carbocycles. The maximum atomic E-state index is 13.1. The molecule has 1 aromatic carbocycles. The number of rotatable bonds is 5. The predicted octanol–water partition coefficient (Wildman–Crippen LogP) is 3.72. The topological polar surface area (TPSA) is 53.2 Å². The van der Waals surface area contributed by atoms with E-state index < -0.39 is 0 Å². The van der Waals surface area contributed by atoms with Crippen LogP contribution in [0.15, 0.2) is 53.8 Å². The van der Waals surface area contributed by atoms with Crippen LogP contribution in [-0.2, 0) is 19.4 Å². The lowest BCUT2D eigenvalue weighted by Crippen LogP contribution is -2.36. The molecule has 0 bridgehead atoms. The number of aromatic nitrogens is 1. The first-order valence-corrected chi connectivity index (χ1v) is 9.09. The molecule has 0 spiro atoms. The van der Waals surface area contributed by atoms with E-state index in [1.165, 1.54) is 0 Å². The fraction of sp³-hybridized carbons (Fsp3) is 0.364. The zero-order valence-electron chi connectivity index (χ0n) is 15.5. The largest absolute Gasteiger partial charge is 0.330 e.